The molecule has 0 aliphatic rings. The van der Waals surface area contributed by atoms with Gasteiger partial charge in [-0.1, -0.05) is 36.4 Å². The van der Waals surface area contributed by atoms with Gasteiger partial charge < -0.3 is 15.2 Å². The Hall–Kier alpha value is -2.49. The van der Waals surface area contributed by atoms with E-state index < -0.39 is 5.97 Å². The van der Waals surface area contributed by atoms with E-state index in [9.17, 15) is 4.79 Å². The van der Waals surface area contributed by atoms with E-state index in [0.29, 0.717) is 36.6 Å². The number of esters is 1. The number of anilines is 1. The Kier molecular flexibility index (Phi) is 5.21. The summed E-state index contributed by atoms with van der Waals surface area (Å²) < 4.78 is 10.7. The Morgan fingerprint density at radius 3 is 2.57 bits per heavy atom. The summed E-state index contributed by atoms with van der Waals surface area (Å²) in [6.07, 6.45) is 0.679. The van der Waals surface area contributed by atoms with Crippen molar-refractivity contribution in [2.45, 2.75) is 13.3 Å². The minimum absolute atomic E-state index is 0.323. The van der Waals surface area contributed by atoms with E-state index in [-0.39, 0.29) is 0 Å². The molecular formula is C17H19NO3. The first kappa shape index (κ1) is 14.9. The summed E-state index contributed by atoms with van der Waals surface area (Å²) in [5, 5.41) is 0. The van der Waals surface area contributed by atoms with Gasteiger partial charge in [-0.2, -0.15) is 0 Å². The van der Waals surface area contributed by atoms with Gasteiger partial charge in [0.1, 0.15) is 5.56 Å². The molecule has 0 saturated carbocycles. The Morgan fingerprint density at radius 2 is 1.86 bits per heavy atom. The van der Waals surface area contributed by atoms with Crippen LogP contribution in [0.2, 0.25) is 0 Å². The zero-order chi connectivity index (χ0) is 15.1. The molecule has 2 aromatic carbocycles. The van der Waals surface area contributed by atoms with Gasteiger partial charge in [0.05, 0.1) is 18.9 Å². The molecule has 0 aliphatic carbocycles. The highest BCUT2D eigenvalue weighted by Gasteiger charge is 2.16. The smallest absolute Gasteiger partial charge is 0.342 e. The van der Waals surface area contributed by atoms with Crippen LogP contribution in [0.5, 0.6) is 5.75 Å². The first-order chi connectivity index (χ1) is 10.2. The van der Waals surface area contributed by atoms with Crippen LogP contribution in [0.1, 0.15) is 22.8 Å². The molecule has 110 valence electrons. The van der Waals surface area contributed by atoms with E-state index in [1.54, 1.807) is 18.2 Å². The van der Waals surface area contributed by atoms with Crippen molar-refractivity contribution in [3.63, 3.8) is 0 Å². The lowest BCUT2D eigenvalue weighted by Gasteiger charge is -2.12. The van der Waals surface area contributed by atoms with Crippen molar-refractivity contribution >= 4 is 11.7 Å². The van der Waals surface area contributed by atoms with Crippen LogP contribution in [0.25, 0.3) is 0 Å². The van der Waals surface area contributed by atoms with E-state index >= 15 is 0 Å². The normalized spacial score (nSPS) is 10.1. The van der Waals surface area contributed by atoms with Crippen molar-refractivity contribution in [1.29, 1.82) is 0 Å². The van der Waals surface area contributed by atoms with Gasteiger partial charge in [0.15, 0.2) is 5.75 Å². The number of carbonyl (C=O) groups is 1. The number of ether oxygens (including phenoxy) is 2. The molecule has 0 radical (unpaired) electrons. The number of hydrogen-bond acceptors (Lipinski definition) is 4. The molecule has 0 aliphatic heterocycles. The molecule has 21 heavy (non-hydrogen) atoms. The summed E-state index contributed by atoms with van der Waals surface area (Å²) in [7, 11) is 0. The number of nitrogens with two attached hydrogens (primary N) is 1. The summed E-state index contributed by atoms with van der Waals surface area (Å²) in [6.45, 7) is 2.61. The lowest BCUT2D eigenvalue weighted by atomic mass is 10.1. The van der Waals surface area contributed by atoms with E-state index in [0.717, 1.165) is 5.56 Å². The molecule has 0 fully saturated rings. The van der Waals surface area contributed by atoms with Gasteiger partial charge in [-0.05, 0) is 24.6 Å². The predicted molar refractivity (Wildman–Crippen MR) is 82.5 cm³/mol. The summed E-state index contributed by atoms with van der Waals surface area (Å²) >= 11 is 0. The van der Waals surface area contributed by atoms with Crippen molar-refractivity contribution < 1.29 is 14.3 Å². The number of carbonyl (C=O) groups excluding carboxylic acids is 1. The third-order valence-electron chi connectivity index (χ3n) is 3.02. The third-order valence-corrected chi connectivity index (χ3v) is 3.02. The number of para-hydroxylation sites is 1. The Labute approximate surface area is 124 Å². The Balaban J connectivity index is 1.99. The van der Waals surface area contributed by atoms with Gasteiger partial charge in [-0.25, -0.2) is 4.79 Å². The molecule has 4 nitrogen and oxygen atoms in total. The molecule has 0 amide bonds. The third kappa shape index (κ3) is 3.99. The average Bonchev–Trinajstić information content (AvgIpc) is 2.50. The molecule has 4 heteroatoms. The topological polar surface area (TPSA) is 61.5 Å². The molecule has 2 rings (SSSR count). The second-order valence-electron chi connectivity index (χ2n) is 4.53. The lowest BCUT2D eigenvalue weighted by molar-refractivity contribution is 0.0505. The van der Waals surface area contributed by atoms with E-state index in [1.165, 1.54) is 0 Å². The molecule has 0 saturated heterocycles. The zero-order valence-electron chi connectivity index (χ0n) is 12.0. The Bertz CT molecular complexity index is 596. The van der Waals surface area contributed by atoms with Crippen LogP contribution >= 0.6 is 0 Å². The Morgan fingerprint density at radius 1 is 1.10 bits per heavy atom. The second-order valence-corrected chi connectivity index (χ2v) is 4.53. The lowest BCUT2D eigenvalue weighted by Crippen LogP contribution is -2.11. The number of benzene rings is 2. The van der Waals surface area contributed by atoms with Gasteiger partial charge >= 0.3 is 5.97 Å². The van der Waals surface area contributed by atoms with Crippen LogP contribution in [0.3, 0.4) is 0 Å². The maximum atomic E-state index is 12.1. The predicted octanol–water partition coefficient (Wildman–Crippen LogP) is 3.07. The standard InChI is InChI=1S/C17H19NO3/c1-2-20-16-14(9-6-10-15(16)18)17(19)21-12-11-13-7-4-3-5-8-13/h3-10H,2,11-12,18H2,1H3. The number of nitrogen functional groups attached to an aromatic ring is 1. The van der Waals surface area contributed by atoms with Crippen LogP contribution in [0.15, 0.2) is 48.5 Å². The maximum Gasteiger partial charge on any atom is 0.342 e. The molecule has 2 N–H and O–H groups in total. The van der Waals surface area contributed by atoms with Crippen molar-refractivity contribution in [2.24, 2.45) is 0 Å². The van der Waals surface area contributed by atoms with Crippen LogP contribution in [0, 0.1) is 0 Å². The second kappa shape index (κ2) is 7.33. The van der Waals surface area contributed by atoms with E-state index in [4.69, 9.17) is 15.2 Å². The highest BCUT2D eigenvalue weighted by Crippen LogP contribution is 2.27. The number of rotatable bonds is 6. The molecule has 0 spiro atoms. The van der Waals surface area contributed by atoms with Gasteiger partial charge in [0, 0.05) is 6.42 Å². The summed E-state index contributed by atoms with van der Waals surface area (Å²) in [5.41, 5.74) is 7.76. The molecular weight excluding hydrogens is 266 g/mol. The number of hydrogen-bond donors (Lipinski definition) is 1. The SMILES string of the molecule is CCOc1c(N)cccc1C(=O)OCCc1ccccc1. The fraction of sp³-hybridized carbons (Fsp3) is 0.235. The van der Waals surface area contributed by atoms with Crippen LogP contribution in [-0.2, 0) is 11.2 Å². The first-order valence-corrected chi connectivity index (χ1v) is 6.94. The molecule has 0 heterocycles. The maximum absolute atomic E-state index is 12.1. The highest BCUT2D eigenvalue weighted by molar-refractivity contribution is 5.94. The van der Waals surface area contributed by atoms with Crippen LogP contribution < -0.4 is 10.5 Å². The minimum Gasteiger partial charge on any atom is -0.491 e. The fourth-order valence-corrected chi connectivity index (χ4v) is 2.01. The van der Waals surface area contributed by atoms with Crippen molar-refractivity contribution in [1.82, 2.24) is 0 Å². The first-order valence-electron chi connectivity index (χ1n) is 6.94. The zero-order valence-corrected chi connectivity index (χ0v) is 12.0. The summed E-state index contributed by atoms with van der Waals surface area (Å²) in [4.78, 5) is 12.1. The van der Waals surface area contributed by atoms with Crippen molar-refractivity contribution in [2.75, 3.05) is 18.9 Å². The van der Waals surface area contributed by atoms with E-state index in [2.05, 4.69) is 0 Å². The molecule has 0 atom stereocenters. The largest absolute Gasteiger partial charge is 0.491 e. The molecule has 0 unspecified atom stereocenters. The van der Waals surface area contributed by atoms with Crippen LogP contribution in [0.4, 0.5) is 5.69 Å². The van der Waals surface area contributed by atoms with Gasteiger partial charge in [-0.3, -0.25) is 0 Å². The van der Waals surface area contributed by atoms with Crippen molar-refractivity contribution in [3.8, 4) is 5.75 Å². The average molecular weight is 285 g/mol. The molecule has 0 bridgehead atoms. The molecule has 0 aromatic heterocycles. The minimum atomic E-state index is -0.415. The molecule has 2 aromatic rings. The van der Waals surface area contributed by atoms with Crippen molar-refractivity contribution in [3.05, 3.63) is 59.7 Å². The highest BCUT2D eigenvalue weighted by atomic mass is 16.5. The van der Waals surface area contributed by atoms with Gasteiger partial charge in [0.25, 0.3) is 0 Å². The fourth-order valence-electron chi connectivity index (χ4n) is 2.01. The van der Waals surface area contributed by atoms with Gasteiger partial charge in [0.2, 0.25) is 0 Å². The monoisotopic (exact) mass is 285 g/mol. The quantitative estimate of drug-likeness (QED) is 0.654. The summed E-state index contributed by atoms with van der Waals surface area (Å²) in [6, 6.07) is 14.9. The summed E-state index contributed by atoms with van der Waals surface area (Å²) in [5.74, 6) is -0.0219. The van der Waals surface area contributed by atoms with E-state index in [1.807, 2.05) is 37.3 Å². The van der Waals surface area contributed by atoms with Gasteiger partial charge in [-0.15, -0.1) is 0 Å². The van der Waals surface area contributed by atoms with Crippen LogP contribution in [-0.4, -0.2) is 19.2 Å².